The van der Waals surface area contributed by atoms with Gasteiger partial charge in [-0.25, -0.2) is 9.97 Å². The molecule has 6 nitrogen and oxygen atoms in total. The molecule has 0 aliphatic heterocycles. The van der Waals surface area contributed by atoms with Crippen molar-refractivity contribution in [1.82, 2.24) is 20.3 Å². The zero-order valence-electron chi connectivity index (χ0n) is 15.4. The zero-order valence-corrected chi connectivity index (χ0v) is 16.3. The van der Waals surface area contributed by atoms with Gasteiger partial charge in [-0.3, -0.25) is 4.79 Å². The largest absolute Gasteiger partial charge is 0.486 e. The molecular formula is C21H20N4O2S. The van der Waals surface area contributed by atoms with E-state index in [1.54, 1.807) is 0 Å². The minimum Gasteiger partial charge on any atom is -0.486 e. The quantitative estimate of drug-likeness (QED) is 0.502. The smallest absolute Gasteiger partial charge is 0.226 e. The first-order valence-corrected chi connectivity index (χ1v) is 9.87. The van der Waals surface area contributed by atoms with Crippen molar-refractivity contribution in [2.24, 2.45) is 0 Å². The van der Waals surface area contributed by atoms with Gasteiger partial charge in [-0.2, -0.15) is 0 Å². The third-order valence-corrected chi connectivity index (χ3v) is 5.09. The van der Waals surface area contributed by atoms with Crippen LogP contribution in [0.15, 0.2) is 53.9 Å². The molecular weight excluding hydrogens is 372 g/mol. The predicted octanol–water partition coefficient (Wildman–Crippen LogP) is 3.77. The summed E-state index contributed by atoms with van der Waals surface area (Å²) in [5.74, 6) is 1.46. The summed E-state index contributed by atoms with van der Waals surface area (Å²) in [5, 5.41) is 5.63. The first-order valence-electron chi connectivity index (χ1n) is 8.99. The highest BCUT2D eigenvalue weighted by molar-refractivity contribution is 7.09. The van der Waals surface area contributed by atoms with Crippen LogP contribution in [0.25, 0.3) is 11.0 Å². The van der Waals surface area contributed by atoms with Gasteiger partial charge in [-0.1, -0.05) is 29.8 Å². The van der Waals surface area contributed by atoms with Crippen molar-refractivity contribution in [3.63, 3.8) is 0 Å². The first kappa shape index (κ1) is 18.2. The second-order valence-electron chi connectivity index (χ2n) is 6.49. The Hall–Kier alpha value is -3.19. The molecule has 4 rings (SSSR count). The normalized spacial score (nSPS) is 10.9. The highest BCUT2D eigenvalue weighted by atomic mass is 32.1. The number of aryl methyl sites for hydroxylation is 1. The number of ether oxygens (including phenoxy) is 1. The third kappa shape index (κ3) is 4.55. The van der Waals surface area contributed by atoms with E-state index in [0.29, 0.717) is 13.2 Å². The van der Waals surface area contributed by atoms with Crippen LogP contribution in [0.2, 0.25) is 0 Å². The summed E-state index contributed by atoms with van der Waals surface area (Å²) >= 11 is 1.50. The van der Waals surface area contributed by atoms with Crippen molar-refractivity contribution in [3.8, 4) is 5.75 Å². The van der Waals surface area contributed by atoms with Gasteiger partial charge in [0.05, 0.1) is 29.7 Å². The van der Waals surface area contributed by atoms with Gasteiger partial charge < -0.3 is 15.0 Å². The van der Waals surface area contributed by atoms with E-state index in [9.17, 15) is 4.79 Å². The SMILES string of the molecule is Cc1ccc(OCc2nc(CC(=O)NCc3nc4ccccc4[nH]3)cs2)cc1. The minimum absolute atomic E-state index is 0.0863. The van der Waals surface area contributed by atoms with Gasteiger partial charge in [0.2, 0.25) is 5.91 Å². The van der Waals surface area contributed by atoms with E-state index in [1.165, 1.54) is 16.9 Å². The Labute approximate surface area is 166 Å². The average molecular weight is 392 g/mol. The summed E-state index contributed by atoms with van der Waals surface area (Å²) in [4.78, 5) is 24.3. The van der Waals surface area contributed by atoms with Crippen molar-refractivity contribution >= 4 is 28.3 Å². The molecule has 2 aromatic heterocycles. The van der Waals surface area contributed by atoms with E-state index < -0.39 is 0 Å². The van der Waals surface area contributed by atoms with E-state index in [2.05, 4.69) is 20.3 Å². The zero-order chi connectivity index (χ0) is 19.3. The molecule has 0 radical (unpaired) electrons. The summed E-state index contributed by atoms with van der Waals surface area (Å²) in [6, 6.07) is 15.7. The van der Waals surface area contributed by atoms with Gasteiger partial charge in [0, 0.05) is 5.38 Å². The number of para-hydroxylation sites is 2. The van der Waals surface area contributed by atoms with Gasteiger partial charge in [0.25, 0.3) is 0 Å². The number of rotatable bonds is 7. The van der Waals surface area contributed by atoms with Crippen LogP contribution in [-0.2, 0) is 24.4 Å². The lowest BCUT2D eigenvalue weighted by Crippen LogP contribution is -2.25. The highest BCUT2D eigenvalue weighted by Crippen LogP contribution is 2.16. The number of thiazole rings is 1. The number of nitrogens with zero attached hydrogens (tertiary/aromatic N) is 2. The van der Waals surface area contributed by atoms with E-state index >= 15 is 0 Å². The number of hydrogen-bond acceptors (Lipinski definition) is 5. The van der Waals surface area contributed by atoms with Crippen molar-refractivity contribution in [3.05, 3.63) is 76.0 Å². The number of H-pyrrole nitrogens is 1. The number of nitrogens with one attached hydrogen (secondary N) is 2. The summed E-state index contributed by atoms with van der Waals surface area (Å²) < 4.78 is 5.73. The molecule has 0 saturated heterocycles. The topological polar surface area (TPSA) is 79.9 Å². The molecule has 0 atom stereocenters. The number of carbonyl (C=O) groups excluding carboxylic acids is 1. The standard InChI is InChI=1S/C21H20N4O2S/c1-14-6-8-16(9-7-14)27-12-21-23-15(13-28-21)10-20(26)22-11-19-24-17-4-2-3-5-18(17)25-19/h2-9,13H,10-12H2,1H3,(H,22,26)(H,24,25). The van der Waals surface area contributed by atoms with Crippen molar-refractivity contribution in [2.45, 2.75) is 26.5 Å². The van der Waals surface area contributed by atoms with Gasteiger partial charge in [0.1, 0.15) is 23.2 Å². The van der Waals surface area contributed by atoms with Gasteiger partial charge in [-0.05, 0) is 31.2 Å². The summed E-state index contributed by atoms with van der Waals surface area (Å²) in [7, 11) is 0. The lowest BCUT2D eigenvalue weighted by molar-refractivity contribution is -0.120. The molecule has 4 aromatic rings. The summed E-state index contributed by atoms with van der Waals surface area (Å²) in [5.41, 5.74) is 3.79. The molecule has 2 N–H and O–H groups in total. The monoisotopic (exact) mass is 392 g/mol. The van der Waals surface area contributed by atoms with Crippen LogP contribution in [0.3, 0.4) is 0 Å². The van der Waals surface area contributed by atoms with E-state index in [-0.39, 0.29) is 12.3 Å². The molecule has 0 saturated carbocycles. The van der Waals surface area contributed by atoms with Crippen LogP contribution >= 0.6 is 11.3 Å². The maximum atomic E-state index is 12.2. The Bertz CT molecular complexity index is 1050. The molecule has 142 valence electrons. The van der Waals surface area contributed by atoms with Gasteiger partial charge in [-0.15, -0.1) is 11.3 Å². The third-order valence-electron chi connectivity index (χ3n) is 4.22. The van der Waals surface area contributed by atoms with Crippen LogP contribution < -0.4 is 10.1 Å². The molecule has 0 bridgehead atoms. The first-order chi connectivity index (χ1) is 13.7. The van der Waals surface area contributed by atoms with E-state index in [1.807, 2.05) is 60.8 Å². The Morgan fingerprint density at radius 2 is 1.96 bits per heavy atom. The molecule has 0 unspecified atom stereocenters. The number of imidazole rings is 1. The lowest BCUT2D eigenvalue weighted by Gasteiger charge is -2.04. The van der Waals surface area contributed by atoms with Crippen LogP contribution in [0.4, 0.5) is 0 Å². The number of benzene rings is 2. The Morgan fingerprint density at radius 3 is 2.79 bits per heavy atom. The number of aromatic nitrogens is 3. The molecule has 7 heteroatoms. The van der Waals surface area contributed by atoms with Crippen molar-refractivity contribution < 1.29 is 9.53 Å². The Balaban J connectivity index is 1.27. The molecule has 2 heterocycles. The molecule has 2 aromatic carbocycles. The summed E-state index contributed by atoms with van der Waals surface area (Å²) in [6.45, 7) is 2.80. The van der Waals surface area contributed by atoms with Crippen molar-refractivity contribution in [2.75, 3.05) is 0 Å². The maximum Gasteiger partial charge on any atom is 0.226 e. The fourth-order valence-corrected chi connectivity index (χ4v) is 3.48. The van der Waals surface area contributed by atoms with Crippen LogP contribution in [0.5, 0.6) is 5.75 Å². The highest BCUT2D eigenvalue weighted by Gasteiger charge is 2.09. The number of fused-ring (bicyclic) bond motifs is 1. The second-order valence-corrected chi connectivity index (χ2v) is 7.43. The van der Waals surface area contributed by atoms with Crippen LogP contribution in [-0.4, -0.2) is 20.9 Å². The Morgan fingerprint density at radius 1 is 1.14 bits per heavy atom. The number of aromatic amines is 1. The predicted molar refractivity (Wildman–Crippen MR) is 109 cm³/mol. The molecule has 28 heavy (non-hydrogen) atoms. The number of hydrogen-bond donors (Lipinski definition) is 2. The van der Waals surface area contributed by atoms with Crippen LogP contribution in [0, 0.1) is 6.92 Å². The second kappa shape index (κ2) is 8.22. The van der Waals surface area contributed by atoms with E-state index in [4.69, 9.17) is 4.74 Å². The van der Waals surface area contributed by atoms with Gasteiger partial charge >= 0.3 is 0 Å². The summed E-state index contributed by atoms with van der Waals surface area (Å²) in [6.07, 6.45) is 0.237. The molecule has 0 fully saturated rings. The average Bonchev–Trinajstić information content (AvgIpc) is 3.32. The maximum absolute atomic E-state index is 12.2. The van der Waals surface area contributed by atoms with E-state index in [0.717, 1.165) is 33.3 Å². The minimum atomic E-state index is -0.0863. The van der Waals surface area contributed by atoms with Crippen LogP contribution in [0.1, 0.15) is 22.1 Å². The van der Waals surface area contributed by atoms with Crippen molar-refractivity contribution in [1.29, 1.82) is 0 Å². The fourth-order valence-electron chi connectivity index (χ4n) is 2.77. The Kier molecular flexibility index (Phi) is 5.34. The number of amides is 1. The van der Waals surface area contributed by atoms with Gasteiger partial charge in [0.15, 0.2) is 0 Å². The molecule has 0 aliphatic carbocycles. The number of carbonyl (C=O) groups is 1. The molecule has 0 spiro atoms. The molecule has 0 aliphatic rings. The lowest BCUT2D eigenvalue weighted by atomic mass is 10.2. The molecule has 1 amide bonds. The fraction of sp³-hybridized carbons (Fsp3) is 0.190.